The Morgan fingerprint density at radius 1 is 1.19 bits per heavy atom. The van der Waals surface area contributed by atoms with Crippen LogP contribution in [0.5, 0.6) is 5.75 Å². The summed E-state index contributed by atoms with van der Waals surface area (Å²) < 4.78 is 32.5. The van der Waals surface area contributed by atoms with Crippen LogP contribution in [-0.4, -0.2) is 21.6 Å². The molecule has 0 aliphatic carbocycles. The van der Waals surface area contributed by atoms with Crippen LogP contribution in [0.2, 0.25) is 5.02 Å². The van der Waals surface area contributed by atoms with Gasteiger partial charge in [-0.05, 0) is 36.8 Å². The number of sulfonamides is 1. The van der Waals surface area contributed by atoms with Gasteiger partial charge in [-0.2, -0.15) is 0 Å². The fraction of sp³-hybridized carbons (Fsp3) is 0.200. The highest BCUT2D eigenvalue weighted by molar-refractivity contribution is 7.92. The van der Waals surface area contributed by atoms with Crippen LogP contribution in [0.3, 0.4) is 0 Å². The molecule has 6 heteroatoms. The molecule has 1 aliphatic heterocycles. The van der Waals surface area contributed by atoms with E-state index >= 15 is 0 Å². The van der Waals surface area contributed by atoms with Gasteiger partial charge in [-0.15, -0.1) is 0 Å². The van der Waals surface area contributed by atoms with E-state index in [1.165, 1.54) is 10.4 Å². The van der Waals surface area contributed by atoms with Gasteiger partial charge < -0.3 is 4.74 Å². The molecule has 0 N–H and O–H groups in total. The quantitative estimate of drug-likeness (QED) is 0.852. The van der Waals surface area contributed by atoms with E-state index in [-0.39, 0.29) is 11.4 Å². The predicted octanol–water partition coefficient (Wildman–Crippen LogP) is 3.24. The molecule has 0 radical (unpaired) electrons. The fourth-order valence-corrected chi connectivity index (χ4v) is 3.99. The molecule has 0 spiro atoms. The molecular formula is C15H14ClNO3S. The van der Waals surface area contributed by atoms with E-state index in [2.05, 4.69) is 0 Å². The van der Waals surface area contributed by atoms with Crippen LogP contribution in [0, 0.1) is 6.92 Å². The second kappa shape index (κ2) is 5.24. The van der Waals surface area contributed by atoms with Crippen molar-refractivity contribution in [3.05, 3.63) is 53.1 Å². The van der Waals surface area contributed by atoms with E-state index in [1.54, 1.807) is 30.3 Å². The molecule has 4 nitrogen and oxygen atoms in total. The Labute approximate surface area is 129 Å². The molecule has 2 aromatic rings. The molecule has 0 atom stereocenters. The van der Waals surface area contributed by atoms with Gasteiger partial charge in [0.1, 0.15) is 12.4 Å². The van der Waals surface area contributed by atoms with Gasteiger partial charge >= 0.3 is 0 Å². The lowest BCUT2D eigenvalue weighted by molar-refractivity contribution is 0.316. The maximum atomic E-state index is 12.8. The fourth-order valence-electron chi connectivity index (χ4n) is 2.26. The number of hydrogen-bond donors (Lipinski definition) is 0. The standard InChI is InChI=1S/C15H14ClNO3S/c1-11-6-7-12(10-13(11)16)21(18,19)17-8-9-20-15-5-3-2-4-14(15)17/h2-7,10H,8-9H2,1H3. The smallest absolute Gasteiger partial charge is 0.264 e. The topological polar surface area (TPSA) is 46.6 Å². The Morgan fingerprint density at radius 3 is 2.71 bits per heavy atom. The number of halogens is 1. The van der Waals surface area contributed by atoms with Crippen molar-refractivity contribution in [1.29, 1.82) is 0 Å². The average molecular weight is 324 g/mol. The van der Waals surface area contributed by atoms with Gasteiger partial charge in [0.2, 0.25) is 0 Å². The molecule has 0 bridgehead atoms. The number of aryl methyl sites for hydroxylation is 1. The zero-order valence-electron chi connectivity index (χ0n) is 11.4. The van der Waals surface area contributed by atoms with E-state index < -0.39 is 10.0 Å². The molecule has 110 valence electrons. The average Bonchev–Trinajstić information content (AvgIpc) is 2.49. The highest BCUT2D eigenvalue weighted by Gasteiger charge is 2.30. The van der Waals surface area contributed by atoms with Crippen LogP contribution in [0.4, 0.5) is 5.69 Å². The van der Waals surface area contributed by atoms with Crippen molar-refractivity contribution >= 4 is 27.3 Å². The highest BCUT2D eigenvalue weighted by Crippen LogP contribution is 2.35. The third kappa shape index (κ3) is 2.47. The molecule has 0 saturated carbocycles. The molecule has 0 fully saturated rings. The number of fused-ring (bicyclic) bond motifs is 1. The minimum atomic E-state index is -3.65. The first-order valence-electron chi connectivity index (χ1n) is 6.51. The Balaban J connectivity index is 2.09. The third-order valence-corrected chi connectivity index (χ3v) is 5.63. The van der Waals surface area contributed by atoms with E-state index in [0.717, 1.165) is 5.56 Å². The van der Waals surface area contributed by atoms with E-state index in [4.69, 9.17) is 16.3 Å². The van der Waals surface area contributed by atoms with Crippen LogP contribution in [0.15, 0.2) is 47.4 Å². The lowest BCUT2D eigenvalue weighted by atomic mass is 10.2. The van der Waals surface area contributed by atoms with Crippen molar-refractivity contribution in [3.8, 4) is 5.75 Å². The summed E-state index contributed by atoms with van der Waals surface area (Å²) in [5.74, 6) is 0.575. The Morgan fingerprint density at radius 2 is 1.95 bits per heavy atom. The molecule has 21 heavy (non-hydrogen) atoms. The molecule has 0 saturated heterocycles. The number of nitrogens with zero attached hydrogens (tertiary/aromatic N) is 1. The minimum Gasteiger partial charge on any atom is -0.489 e. The second-order valence-electron chi connectivity index (χ2n) is 4.80. The molecule has 2 aromatic carbocycles. The summed E-state index contributed by atoms with van der Waals surface area (Å²) in [6.07, 6.45) is 0. The number of rotatable bonds is 2. The van der Waals surface area contributed by atoms with Crippen LogP contribution < -0.4 is 9.04 Å². The first kappa shape index (κ1) is 14.2. The van der Waals surface area contributed by atoms with Crippen molar-refractivity contribution < 1.29 is 13.2 Å². The predicted molar refractivity (Wildman–Crippen MR) is 82.7 cm³/mol. The highest BCUT2D eigenvalue weighted by atomic mass is 35.5. The molecule has 1 heterocycles. The van der Waals surface area contributed by atoms with Gasteiger partial charge in [0.15, 0.2) is 0 Å². The van der Waals surface area contributed by atoms with E-state index in [9.17, 15) is 8.42 Å². The first-order valence-corrected chi connectivity index (χ1v) is 8.33. The van der Waals surface area contributed by atoms with Crippen molar-refractivity contribution in [1.82, 2.24) is 0 Å². The minimum absolute atomic E-state index is 0.190. The van der Waals surface area contributed by atoms with E-state index in [0.29, 0.717) is 23.1 Å². The summed E-state index contributed by atoms with van der Waals surface area (Å²) in [5, 5.41) is 0.442. The van der Waals surface area contributed by atoms with Crippen LogP contribution >= 0.6 is 11.6 Å². The lowest BCUT2D eigenvalue weighted by Crippen LogP contribution is -2.37. The van der Waals surface area contributed by atoms with E-state index in [1.807, 2.05) is 13.0 Å². The Bertz CT molecular complexity index is 789. The van der Waals surface area contributed by atoms with Gasteiger partial charge in [-0.1, -0.05) is 29.8 Å². The Kier molecular flexibility index (Phi) is 3.55. The van der Waals surface area contributed by atoms with Crippen LogP contribution in [0.25, 0.3) is 0 Å². The van der Waals surface area contributed by atoms with Crippen LogP contribution in [0.1, 0.15) is 5.56 Å². The molecule has 0 aromatic heterocycles. The Hall–Kier alpha value is -1.72. The van der Waals surface area contributed by atoms with Gasteiger partial charge in [0, 0.05) is 5.02 Å². The monoisotopic (exact) mass is 323 g/mol. The number of hydrogen-bond acceptors (Lipinski definition) is 3. The number of ether oxygens (including phenoxy) is 1. The van der Waals surface area contributed by atoms with Gasteiger partial charge in [-0.25, -0.2) is 8.42 Å². The molecular weight excluding hydrogens is 310 g/mol. The van der Waals surface area contributed by atoms with Crippen molar-refractivity contribution in [2.45, 2.75) is 11.8 Å². The summed E-state index contributed by atoms with van der Waals surface area (Å²) in [5.41, 5.74) is 1.40. The van der Waals surface area contributed by atoms with Gasteiger partial charge in [-0.3, -0.25) is 4.31 Å². The van der Waals surface area contributed by atoms with Crippen LogP contribution in [-0.2, 0) is 10.0 Å². The summed E-state index contributed by atoms with van der Waals surface area (Å²) in [7, 11) is -3.65. The van der Waals surface area contributed by atoms with Crippen molar-refractivity contribution in [3.63, 3.8) is 0 Å². The summed E-state index contributed by atoms with van der Waals surface area (Å²) >= 11 is 6.05. The molecule has 0 unspecified atom stereocenters. The maximum Gasteiger partial charge on any atom is 0.264 e. The maximum absolute atomic E-state index is 12.8. The van der Waals surface area contributed by atoms with Crippen molar-refractivity contribution in [2.24, 2.45) is 0 Å². The molecule has 0 amide bonds. The first-order chi connectivity index (χ1) is 10.00. The lowest BCUT2D eigenvalue weighted by Gasteiger charge is -2.30. The summed E-state index contributed by atoms with van der Waals surface area (Å²) in [6, 6.07) is 11.9. The number of para-hydroxylation sites is 2. The summed E-state index contributed by atoms with van der Waals surface area (Å²) in [4.78, 5) is 0.190. The zero-order valence-corrected chi connectivity index (χ0v) is 13.0. The third-order valence-electron chi connectivity index (χ3n) is 3.42. The SMILES string of the molecule is Cc1ccc(S(=O)(=O)N2CCOc3ccccc32)cc1Cl. The zero-order chi connectivity index (χ0) is 15.0. The molecule has 3 rings (SSSR count). The van der Waals surface area contributed by atoms with Gasteiger partial charge in [0.05, 0.1) is 17.1 Å². The van der Waals surface area contributed by atoms with Gasteiger partial charge in [0.25, 0.3) is 10.0 Å². The second-order valence-corrected chi connectivity index (χ2v) is 7.07. The van der Waals surface area contributed by atoms with Crippen molar-refractivity contribution in [2.75, 3.05) is 17.5 Å². The number of anilines is 1. The summed E-state index contributed by atoms with van der Waals surface area (Å²) in [6.45, 7) is 2.45. The number of benzene rings is 2. The molecule has 1 aliphatic rings. The normalized spacial score (nSPS) is 14.5. The largest absolute Gasteiger partial charge is 0.489 e.